The molecule has 0 fully saturated rings. The van der Waals surface area contributed by atoms with Gasteiger partial charge in [-0.05, 0) is 18.6 Å². The van der Waals surface area contributed by atoms with Crippen LogP contribution in [0.25, 0.3) is 0 Å². The van der Waals surface area contributed by atoms with E-state index in [4.69, 9.17) is 5.73 Å². The van der Waals surface area contributed by atoms with E-state index in [1.807, 2.05) is 12.1 Å². The van der Waals surface area contributed by atoms with Crippen LogP contribution in [0, 0.1) is 0 Å². The highest BCUT2D eigenvalue weighted by Crippen LogP contribution is 2.27. The molecule has 3 N–H and O–H groups in total. The number of aromatic hydroxyl groups is 1. The van der Waals surface area contributed by atoms with Gasteiger partial charge in [0, 0.05) is 16.1 Å². The summed E-state index contributed by atoms with van der Waals surface area (Å²) in [5, 5.41) is 9.54. The molecule has 2 nitrogen and oxygen atoms in total. The summed E-state index contributed by atoms with van der Waals surface area (Å²) in [6.45, 7) is 3.60. The largest absolute Gasteiger partial charge is 0.508 e. The zero-order valence-electron chi connectivity index (χ0n) is 7.61. The zero-order valence-corrected chi connectivity index (χ0v) is 10.0. The van der Waals surface area contributed by atoms with Crippen LogP contribution < -0.4 is 5.73 Å². The molecule has 0 radical (unpaired) electrons. The van der Waals surface area contributed by atoms with Gasteiger partial charge in [0.2, 0.25) is 0 Å². The van der Waals surface area contributed by atoms with Gasteiger partial charge in [0.1, 0.15) is 5.75 Å². The summed E-state index contributed by atoms with van der Waals surface area (Å²) in [6, 6.07) is 5.13. The fraction of sp³-hybridized carbons (Fsp3) is 0.200. The maximum atomic E-state index is 9.54. The Balaban J connectivity index is 0.00000169. The molecule has 14 heavy (non-hydrogen) atoms. The molecule has 0 spiro atoms. The number of benzene rings is 1. The maximum absolute atomic E-state index is 9.54. The van der Waals surface area contributed by atoms with Gasteiger partial charge in [-0.25, -0.2) is 0 Å². The van der Waals surface area contributed by atoms with Gasteiger partial charge in [0.25, 0.3) is 0 Å². The highest BCUT2D eigenvalue weighted by atomic mass is 79.9. The summed E-state index contributed by atoms with van der Waals surface area (Å²) in [7, 11) is 0. The van der Waals surface area contributed by atoms with Gasteiger partial charge >= 0.3 is 0 Å². The molecule has 0 aliphatic rings. The van der Waals surface area contributed by atoms with E-state index >= 15 is 0 Å². The average molecular weight is 279 g/mol. The minimum absolute atomic E-state index is 0. The van der Waals surface area contributed by atoms with Crippen LogP contribution in [0.4, 0.5) is 0 Å². The highest BCUT2D eigenvalue weighted by Gasteiger charge is 2.08. The van der Waals surface area contributed by atoms with E-state index in [1.165, 1.54) is 0 Å². The van der Waals surface area contributed by atoms with Crippen LogP contribution in [0.5, 0.6) is 5.75 Å². The van der Waals surface area contributed by atoms with E-state index in [0.717, 1.165) is 10.0 Å². The lowest BCUT2D eigenvalue weighted by atomic mass is 10.0. The molecule has 0 bridgehead atoms. The van der Waals surface area contributed by atoms with E-state index in [1.54, 1.807) is 12.1 Å². The van der Waals surface area contributed by atoms with Gasteiger partial charge in [0.15, 0.2) is 0 Å². The summed E-state index contributed by atoms with van der Waals surface area (Å²) in [4.78, 5) is 0. The van der Waals surface area contributed by atoms with Crippen molar-refractivity contribution in [1.29, 1.82) is 0 Å². The number of hydrogen-bond acceptors (Lipinski definition) is 2. The number of hydrogen-bond donors (Lipinski definition) is 2. The first-order valence-corrected chi connectivity index (χ1v) is 4.79. The van der Waals surface area contributed by atoms with Crippen LogP contribution in [0.1, 0.15) is 18.0 Å². The predicted octanol–water partition coefficient (Wildman–Crippen LogP) is 3.15. The molecule has 1 aromatic carbocycles. The number of halogens is 2. The molecule has 1 atom stereocenters. The van der Waals surface area contributed by atoms with Gasteiger partial charge in [0.05, 0.1) is 0 Å². The SMILES string of the molecule is C=CC[C@H](N)c1ccc(Br)cc1O.Cl. The molecular weight excluding hydrogens is 265 g/mol. The van der Waals surface area contributed by atoms with Gasteiger partial charge in [-0.15, -0.1) is 19.0 Å². The summed E-state index contributed by atoms with van der Waals surface area (Å²) in [5.74, 6) is 0.226. The van der Waals surface area contributed by atoms with Crippen LogP contribution in [0.3, 0.4) is 0 Å². The highest BCUT2D eigenvalue weighted by molar-refractivity contribution is 9.10. The van der Waals surface area contributed by atoms with Crippen molar-refractivity contribution in [3.63, 3.8) is 0 Å². The lowest BCUT2D eigenvalue weighted by molar-refractivity contribution is 0.461. The number of nitrogens with two attached hydrogens (primary N) is 1. The van der Waals surface area contributed by atoms with Gasteiger partial charge in [-0.1, -0.05) is 28.1 Å². The van der Waals surface area contributed by atoms with Crippen molar-refractivity contribution in [1.82, 2.24) is 0 Å². The second-order valence-corrected chi connectivity index (χ2v) is 3.75. The Bertz CT molecular complexity index is 317. The quantitative estimate of drug-likeness (QED) is 0.834. The summed E-state index contributed by atoms with van der Waals surface area (Å²) >= 11 is 3.26. The number of rotatable bonds is 3. The second-order valence-electron chi connectivity index (χ2n) is 2.83. The third-order valence-electron chi connectivity index (χ3n) is 1.81. The summed E-state index contributed by atoms with van der Waals surface area (Å²) < 4.78 is 0.847. The first-order chi connectivity index (χ1) is 6.15. The Kier molecular flexibility index (Phi) is 5.84. The topological polar surface area (TPSA) is 46.2 Å². The second kappa shape index (κ2) is 6.06. The Morgan fingerprint density at radius 1 is 1.57 bits per heavy atom. The van der Waals surface area contributed by atoms with Crippen molar-refractivity contribution in [2.45, 2.75) is 12.5 Å². The predicted molar refractivity (Wildman–Crippen MR) is 64.8 cm³/mol. The van der Waals surface area contributed by atoms with Crippen molar-refractivity contribution >= 4 is 28.3 Å². The molecule has 78 valence electrons. The van der Waals surface area contributed by atoms with E-state index in [9.17, 15) is 5.11 Å². The van der Waals surface area contributed by atoms with E-state index in [2.05, 4.69) is 22.5 Å². The third kappa shape index (κ3) is 3.33. The van der Waals surface area contributed by atoms with Crippen molar-refractivity contribution < 1.29 is 5.11 Å². The Morgan fingerprint density at radius 3 is 2.71 bits per heavy atom. The molecule has 0 aliphatic heterocycles. The van der Waals surface area contributed by atoms with Gasteiger partial charge in [-0.2, -0.15) is 0 Å². The lowest BCUT2D eigenvalue weighted by Gasteiger charge is -2.11. The molecule has 1 aromatic rings. The standard InChI is InChI=1S/C10H12BrNO.ClH/c1-2-3-9(12)8-5-4-7(11)6-10(8)13;/h2,4-6,9,13H,1,3,12H2;1H/t9-;/m0./s1. The van der Waals surface area contributed by atoms with Crippen LogP contribution in [0.2, 0.25) is 0 Å². The van der Waals surface area contributed by atoms with Crippen LogP contribution in [-0.2, 0) is 0 Å². The normalized spacial score (nSPS) is 11.6. The molecule has 0 aromatic heterocycles. The third-order valence-corrected chi connectivity index (χ3v) is 2.31. The zero-order chi connectivity index (χ0) is 9.84. The average Bonchev–Trinajstić information content (AvgIpc) is 2.04. The van der Waals surface area contributed by atoms with Crippen molar-refractivity contribution in [3.05, 3.63) is 40.9 Å². The van der Waals surface area contributed by atoms with Crippen LogP contribution >= 0.6 is 28.3 Å². The summed E-state index contributed by atoms with van der Waals surface area (Å²) in [5.41, 5.74) is 6.56. The molecule has 0 saturated heterocycles. The lowest BCUT2D eigenvalue weighted by Crippen LogP contribution is -2.08. The van der Waals surface area contributed by atoms with E-state index in [-0.39, 0.29) is 24.2 Å². The minimum Gasteiger partial charge on any atom is -0.508 e. The monoisotopic (exact) mass is 277 g/mol. The molecule has 0 aliphatic carbocycles. The van der Waals surface area contributed by atoms with Gasteiger partial charge in [-0.3, -0.25) is 0 Å². The first-order valence-electron chi connectivity index (χ1n) is 4.00. The molecule has 1 rings (SSSR count). The van der Waals surface area contributed by atoms with E-state index < -0.39 is 0 Å². The number of phenols is 1. The molecule has 0 heterocycles. The first kappa shape index (κ1) is 13.5. The molecule has 4 heteroatoms. The maximum Gasteiger partial charge on any atom is 0.121 e. The van der Waals surface area contributed by atoms with Crippen molar-refractivity contribution in [3.8, 4) is 5.75 Å². The fourth-order valence-electron chi connectivity index (χ4n) is 1.14. The van der Waals surface area contributed by atoms with Crippen molar-refractivity contribution in [2.24, 2.45) is 5.73 Å². The minimum atomic E-state index is -0.175. The van der Waals surface area contributed by atoms with E-state index in [0.29, 0.717) is 6.42 Å². The van der Waals surface area contributed by atoms with Crippen LogP contribution in [0.15, 0.2) is 35.3 Å². The number of phenolic OH excluding ortho intramolecular Hbond substituents is 1. The van der Waals surface area contributed by atoms with Gasteiger partial charge < -0.3 is 10.8 Å². The Hall–Kier alpha value is -0.510. The molecule has 0 saturated carbocycles. The smallest absolute Gasteiger partial charge is 0.121 e. The molecule has 0 amide bonds. The Morgan fingerprint density at radius 2 is 2.21 bits per heavy atom. The van der Waals surface area contributed by atoms with Crippen LogP contribution in [-0.4, -0.2) is 5.11 Å². The fourth-order valence-corrected chi connectivity index (χ4v) is 1.49. The molecular formula is C10H13BrClNO. The van der Waals surface area contributed by atoms with Crippen molar-refractivity contribution in [2.75, 3.05) is 0 Å². The Labute approximate surface area is 98.4 Å². The molecule has 0 unspecified atom stereocenters. The summed E-state index contributed by atoms with van der Waals surface area (Å²) in [6.07, 6.45) is 2.40.